The largest absolute Gasteiger partial charge is 0.480 e. The molecule has 3 aromatic heterocycles. The molecule has 1 saturated carbocycles. The number of methoxy groups -OCH3 is 1. The molecule has 4 aromatic rings. The van der Waals surface area contributed by atoms with Crippen molar-refractivity contribution in [3.05, 3.63) is 43.0 Å². The van der Waals surface area contributed by atoms with Crippen LogP contribution in [0.2, 0.25) is 0 Å². The van der Waals surface area contributed by atoms with Gasteiger partial charge in [-0.15, -0.1) is 5.10 Å². The van der Waals surface area contributed by atoms with Crippen molar-refractivity contribution in [3.63, 3.8) is 0 Å². The van der Waals surface area contributed by atoms with Crippen molar-refractivity contribution in [2.45, 2.75) is 37.8 Å². The summed E-state index contributed by atoms with van der Waals surface area (Å²) in [6.07, 6.45) is 9.99. The van der Waals surface area contributed by atoms with Gasteiger partial charge in [-0.25, -0.2) is 19.5 Å². The summed E-state index contributed by atoms with van der Waals surface area (Å²) >= 11 is 0. The maximum absolute atomic E-state index is 5.40. The van der Waals surface area contributed by atoms with Gasteiger partial charge >= 0.3 is 0 Å². The van der Waals surface area contributed by atoms with Crippen LogP contribution in [0.3, 0.4) is 0 Å². The SMILES string of the molecule is CN[C@H]1CC[C@@H](Nc2ncc3c(-c4ccc5ncnc(OC)c5c4)ccn3n2)CC1. The van der Waals surface area contributed by atoms with Crippen LogP contribution in [0.15, 0.2) is 43.0 Å². The third-order valence-electron chi connectivity index (χ3n) is 5.99. The fourth-order valence-electron chi connectivity index (χ4n) is 4.28. The number of aromatic nitrogens is 5. The van der Waals surface area contributed by atoms with E-state index in [9.17, 15) is 0 Å². The van der Waals surface area contributed by atoms with E-state index in [0.717, 1.165) is 40.4 Å². The molecule has 0 bridgehead atoms. The number of nitrogens with zero attached hydrogens (tertiary/aromatic N) is 5. The minimum Gasteiger partial charge on any atom is -0.480 e. The quantitative estimate of drug-likeness (QED) is 0.528. The molecule has 0 spiro atoms. The predicted molar refractivity (Wildman–Crippen MR) is 117 cm³/mol. The smallest absolute Gasteiger partial charge is 0.241 e. The average Bonchev–Trinajstić information content (AvgIpc) is 3.22. The second-order valence-corrected chi connectivity index (χ2v) is 7.74. The van der Waals surface area contributed by atoms with Gasteiger partial charge in [0.25, 0.3) is 0 Å². The van der Waals surface area contributed by atoms with Crippen LogP contribution in [0, 0.1) is 0 Å². The molecule has 0 radical (unpaired) electrons. The maximum Gasteiger partial charge on any atom is 0.241 e. The van der Waals surface area contributed by atoms with E-state index >= 15 is 0 Å². The molecule has 0 amide bonds. The molecule has 8 heteroatoms. The van der Waals surface area contributed by atoms with E-state index in [1.807, 2.05) is 30.0 Å². The molecule has 5 rings (SSSR count). The zero-order chi connectivity index (χ0) is 20.5. The zero-order valence-electron chi connectivity index (χ0n) is 17.2. The van der Waals surface area contributed by atoms with Crippen molar-refractivity contribution in [1.29, 1.82) is 0 Å². The lowest BCUT2D eigenvalue weighted by Crippen LogP contribution is -2.35. The first-order chi connectivity index (χ1) is 14.7. The van der Waals surface area contributed by atoms with Gasteiger partial charge in [-0.1, -0.05) is 6.07 Å². The molecule has 1 aromatic carbocycles. The summed E-state index contributed by atoms with van der Waals surface area (Å²) < 4.78 is 7.28. The Morgan fingerprint density at radius 2 is 1.87 bits per heavy atom. The van der Waals surface area contributed by atoms with Crippen molar-refractivity contribution in [2.75, 3.05) is 19.5 Å². The Bertz CT molecular complexity index is 1180. The normalized spacial score (nSPS) is 19.3. The minimum absolute atomic E-state index is 0.426. The molecule has 1 aliphatic rings. The lowest BCUT2D eigenvalue weighted by molar-refractivity contribution is 0.370. The second-order valence-electron chi connectivity index (χ2n) is 7.74. The molecule has 8 nitrogen and oxygen atoms in total. The van der Waals surface area contributed by atoms with Crippen LogP contribution in [0.1, 0.15) is 25.7 Å². The number of nitrogens with one attached hydrogen (secondary N) is 2. The van der Waals surface area contributed by atoms with Crippen LogP contribution in [-0.2, 0) is 0 Å². The molecule has 1 aliphatic carbocycles. The molecule has 3 heterocycles. The van der Waals surface area contributed by atoms with Gasteiger partial charge < -0.3 is 15.4 Å². The van der Waals surface area contributed by atoms with Gasteiger partial charge in [0, 0.05) is 23.8 Å². The second kappa shape index (κ2) is 7.87. The van der Waals surface area contributed by atoms with E-state index in [1.54, 1.807) is 7.11 Å². The fourth-order valence-corrected chi connectivity index (χ4v) is 4.28. The van der Waals surface area contributed by atoms with E-state index in [1.165, 1.54) is 19.2 Å². The first-order valence-corrected chi connectivity index (χ1v) is 10.3. The van der Waals surface area contributed by atoms with Crippen molar-refractivity contribution >= 4 is 22.4 Å². The standard InChI is InChI=1S/C22H25N7O/c1-23-15-4-6-16(7-5-15)27-22-24-12-20-17(9-10-29(20)28-22)14-3-8-19-18(11-14)21(30-2)26-13-25-19/h3,8-13,15-16,23H,4-7H2,1-2H3,(H,27,28)/t15-,16+. The molecule has 30 heavy (non-hydrogen) atoms. The summed E-state index contributed by atoms with van der Waals surface area (Å²) in [5.74, 6) is 1.24. The summed E-state index contributed by atoms with van der Waals surface area (Å²) in [5.41, 5.74) is 3.91. The number of ether oxygens (including phenoxy) is 1. The Kier molecular flexibility index (Phi) is 4.92. The average molecular weight is 403 g/mol. The summed E-state index contributed by atoms with van der Waals surface area (Å²) in [4.78, 5) is 13.1. The van der Waals surface area contributed by atoms with Crippen LogP contribution in [0.5, 0.6) is 5.88 Å². The number of hydrogen-bond acceptors (Lipinski definition) is 7. The van der Waals surface area contributed by atoms with Crippen molar-refractivity contribution in [1.82, 2.24) is 29.9 Å². The molecule has 0 unspecified atom stereocenters. The van der Waals surface area contributed by atoms with Crippen molar-refractivity contribution in [3.8, 4) is 17.0 Å². The van der Waals surface area contributed by atoms with E-state index in [2.05, 4.69) is 48.9 Å². The van der Waals surface area contributed by atoms with Gasteiger partial charge in [0.1, 0.15) is 6.33 Å². The number of benzene rings is 1. The molecule has 2 N–H and O–H groups in total. The molecular weight excluding hydrogens is 378 g/mol. The van der Waals surface area contributed by atoms with Gasteiger partial charge in [0.2, 0.25) is 11.8 Å². The number of hydrogen-bond donors (Lipinski definition) is 2. The molecule has 0 atom stereocenters. The summed E-state index contributed by atoms with van der Waals surface area (Å²) in [5, 5.41) is 12.4. The minimum atomic E-state index is 0.426. The van der Waals surface area contributed by atoms with E-state index < -0.39 is 0 Å². The van der Waals surface area contributed by atoms with Crippen molar-refractivity contribution < 1.29 is 4.74 Å². The highest BCUT2D eigenvalue weighted by Gasteiger charge is 2.20. The van der Waals surface area contributed by atoms with Crippen LogP contribution in [0.25, 0.3) is 27.5 Å². The first-order valence-electron chi connectivity index (χ1n) is 10.3. The van der Waals surface area contributed by atoms with E-state index in [-0.39, 0.29) is 0 Å². The van der Waals surface area contributed by atoms with Crippen molar-refractivity contribution in [2.24, 2.45) is 0 Å². The van der Waals surface area contributed by atoms with E-state index in [4.69, 9.17) is 4.74 Å². The number of rotatable bonds is 5. The predicted octanol–water partition coefficient (Wildman–Crippen LogP) is 3.29. The van der Waals surface area contributed by atoms with Gasteiger partial charge in [0.15, 0.2) is 0 Å². The topological polar surface area (TPSA) is 89.3 Å². The maximum atomic E-state index is 5.40. The highest BCUT2D eigenvalue weighted by molar-refractivity contribution is 5.91. The zero-order valence-corrected chi connectivity index (χ0v) is 17.2. The number of fused-ring (bicyclic) bond motifs is 2. The lowest BCUT2D eigenvalue weighted by Gasteiger charge is -2.28. The van der Waals surface area contributed by atoms with Crippen LogP contribution in [-0.4, -0.2) is 50.8 Å². The van der Waals surface area contributed by atoms with Crippen LogP contribution >= 0.6 is 0 Å². The Labute approximate surface area is 174 Å². The highest BCUT2D eigenvalue weighted by atomic mass is 16.5. The van der Waals surface area contributed by atoms with Gasteiger partial charge in [-0.05, 0) is 56.5 Å². The summed E-state index contributed by atoms with van der Waals surface area (Å²) in [6, 6.07) is 9.20. The monoisotopic (exact) mass is 403 g/mol. The van der Waals surface area contributed by atoms with Crippen LogP contribution < -0.4 is 15.4 Å². The molecular formula is C22H25N7O. The third-order valence-corrected chi connectivity index (χ3v) is 5.99. The first kappa shape index (κ1) is 18.7. The van der Waals surface area contributed by atoms with Gasteiger partial charge in [-0.3, -0.25) is 0 Å². The van der Waals surface area contributed by atoms with Gasteiger partial charge in [-0.2, -0.15) is 0 Å². The Morgan fingerprint density at radius 3 is 2.67 bits per heavy atom. The Balaban J connectivity index is 1.42. The third kappa shape index (κ3) is 3.43. The van der Waals surface area contributed by atoms with Gasteiger partial charge in [0.05, 0.1) is 29.7 Å². The molecule has 0 saturated heterocycles. The lowest BCUT2D eigenvalue weighted by atomic mass is 9.91. The highest BCUT2D eigenvalue weighted by Crippen LogP contribution is 2.31. The molecule has 154 valence electrons. The van der Waals surface area contributed by atoms with Crippen LogP contribution in [0.4, 0.5) is 5.95 Å². The molecule has 0 aliphatic heterocycles. The fraction of sp³-hybridized carbons (Fsp3) is 0.364. The molecule has 1 fully saturated rings. The van der Waals surface area contributed by atoms with E-state index in [0.29, 0.717) is 23.9 Å². The Hall–Kier alpha value is -3.26. The Morgan fingerprint density at radius 1 is 1.03 bits per heavy atom. The summed E-state index contributed by atoms with van der Waals surface area (Å²) in [7, 11) is 3.66. The summed E-state index contributed by atoms with van der Waals surface area (Å²) in [6.45, 7) is 0. The number of anilines is 1.